The van der Waals surface area contributed by atoms with Gasteiger partial charge in [0.1, 0.15) is 5.75 Å². The maximum atomic E-state index is 13.5. The molecule has 0 aliphatic heterocycles. The van der Waals surface area contributed by atoms with Gasteiger partial charge in [0, 0.05) is 18.3 Å². The van der Waals surface area contributed by atoms with Gasteiger partial charge in [0.15, 0.2) is 5.78 Å². The number of pyridine rings is 1. The lowest BCUT2D eigenvalue weighted by molar-refractivity contribution is -0.387. The summed E-state index contributed by atoms with van der Waals surface area (Å²) in [5.74, 6) is -1.23. The number of halogens is 1. The van der Waals surface area contributed by atoms with Crippen LogP contribution in [0.2, 0.25) is 0 Å². The van der Waals surface area contributed by atoms with E-state index in [2.05, 4.69) is 4.98 Å². The molecule has 0 aliphatic carbocycles. The Labute approximate surface area is 113 Å². The normalized spacial score (nSPS) is 10.1. The van der Waals surface area contributed by atoms with Crippen molar-refractivity contribution in [2.75, 3.05) is 0 Å². The first-order chi connectivity index (χ1) is 9.49. The Morgan fingerprint density at radius 1 is 1.40 bits per heavy atom. The molecular formula is C13H9FN2O4. The summed E-state index contributed by atoms with van der Waals surface area (Å²) in [6.07, 6.45) is 1.42. The standard InChI is InChI=1S/C13H9FN2O4/c1-8(17)10-3-2-6-15-13(10)20-9-4-5-12(16(18)19)11(14)7-9/h2-7H,1H3. The van der Waals surface area contributed by atoms with Crippen molar-refractivity contribution in [3.8, 4) is 11.6 Å². The van der Waals surface area contributed by atoms with Crippen LogP contribution >= 0.6 is 0 Å². The minimum atomic E-state index is -1.02. The van der Waals surface area contributed by atoms with E-state index in [1.807, 2.05) is 0 Å². The van der Waals surface area contributed by atoms with Crippen molar-refractivity contribution in [3.05, 3.63) is 58.0 Å². The summed E-state index contributed by atoms with van der Waals surface area (Å²) in [6, 6.07) is 6.18. The molecule has 0 spiro atoms. The van der Waals surface area contributed by atoms with Crippen molar-refractivity contribution in [1.29, 1.82) is 0 Å². The molecule has 1 aromatic heterocycles. The second-order valence-electron chi connectivity index (χ2n) is 3.88. The van der Waals surface area contributed by atoms with Crippen LogP contribution in [0.15, 0.2) is 36.5 Å². The summed E-state index contributed by atoms with van der Waals surface area (Å²) >= 11 is 0. The topological polar surface area (TPSA) is 82.3 Å². The molecule has 0 atom stereocenters. The molecule has 0 unspecified atom stereocenters. The number of aromatic nitrogens is 1. The molecule has 1 aromatic carbocycles. The van der Waals surface area contributed by atoms with Crippen LogP contribution in [-0.4, -0.2) is 15.7 Å². The fourth-order valence-electron chi connectivity index (χ4n) is 1.55. The van der Waals surface area contributed by atoms with Crippen molar-refractivity contribution >= 4 is 11.5 Å². The van der Waals surface area contributed by atoms with Crippen LogP contribution in [0, 0.1) is 15.9 Å². The molecule has 0 radical (unpaired) electrons. The predicted molar refractivity (Wildman–Crippen MR) is 67.4 cm³/mol. The highest BCUT2D eigenvalue weighted by Gasteiger charge is 2.16. The van der Waals surface area contributed by atoms with Gasteiger partial charge in [-0.3, -0.25) is 14.9 Å². The Kier molecular flexibility index (Phi) is 3.69. The molecule has 102 valence electrons. The molecule has 6 nitrogen and oxygen atoms in total. The largest absolute Gasteiger partial charge is 0.438 e. The van der Waals surface area contributed by atoms with E-state index in [1.54, 1.807) is 6.07 Å². The Morgan fingerprint density at radius 3 is 2.75 bits per heavy atom. The number of Topliss-reactive ketones (excluding diaryl/α,β-unsaturated/α-hetero) is 1. The van der Waals surface area contributed by atoms with Crippen molar-refractivity contribution in [1.82, 2.24) is 4.98 Å². The van der Waals surface area contributed by atoms with Gasteiger partial charge in [-0.05, 0) is 25.1 Å². The lowest BCUT2D eigenvalue weighted by atomic mass is 10.2. The average molecular weight is 276 g/mol. The summed E-state index contributed by atoms with van der Waals surface area (Å²) in [7, 11) is 0. The van der Waals surface area contributed by atoms with Gasteiger partial charge < -0.3 is 4.74 Å². The number of nitrogens with zero attached hydrogens (tertiary/aromatic N) is 2. The molecule has 0 bridgehead atoms. The molecule has 20 heavy (non-hydrogen) atoms. The molecule has 0 aliphatic rings. The lowest BCUT2D eigenvalue weighted by Crippen LogP contribution is -1.99. The second kappa shape index (κ2) is 5.43. The molecule has 0 saturated heterocycles. The van der Waals surface area contributed by atoms with Gasteiger partial charge in [0.2, 0.25) is 11.7 Å². The fourth-order valence-corrected chi connectivity index (χ4v) is 1.55. The Balaban J connectivity index is 2.34. The van der Waals surface area contributed by atoms with Gasteiger partial charge in [-0.25, -0.2) is 4.98 Å². The molecule has 0 N–H and O–H groups in total. The molecule has 1 heterocycles. The molecule has 2 aromatic rings. The van der Waals surface area contributed by atoms with Crippen molar-refractivity contribution < 1.29 is 18.8 Å². The summed E-state index contributed by atoms with van der Waals surface area (Å²) < 4.78 is 18.7. The number of nitro groups is 1. The average Bonchev–Trinajstić information content (AvgIpc) is 2.38. The Hall–Kier alpha value is -2.83. The first kappa shape index (κ1) is 13.6. The van der Waals surface area contributed by atoms with Gasteiger partial charge in [0.05, 0.1) is 10.5 Å². The van der Waals surface area contributed by atoms with E-state index in [0.29, 0.717) is 0 Å². The molecule has 0 amide bonds. The quantitative estimate of drug-likeness (QED) is 0.486. The minimum Gasteiger partial charge on any atom is -0.438 e. The van der Waals surface area contributed by atoms with Crippen LogP contribution in [0.5, 0.6) is 11.6 Å². The highest BCUT2D eigenvalue weighted by molar-refractivity contribution is 5.96. The maximum Gasteiger partial charge on any atom is 0.305 e. The third-order valence-electron chi connectivity index (χ3n) is 2.48. The zero-order valence-electron chi connectivity index (χ0n) is 10.4. The number of carbonyl (C=O) groups is 1. The third kappa shape index (κ3) is 2.77. The van der Waals surface area contributed by atoms with Crippen LogP contribution in [0.25, 0.3) is 0 Å². The van der Waals surface area contributed by atoms with E-state index in [9.17, 15) is 19.3 Å². The Bertz CT molecular complexity index is 688. The van der Waals surface area contributed by atoms with Gasteiger partial charge >= 0.3 is 5.69 Å². The molecule has 0 fully saturated rings. The van der Waals surface area contributed by atoms with E-state index in [1.165, 1.54) is 25.3 Å². The number of ketones is 1. The van der Waals surface area contributed by atoms with Crippen LogP contribution in [0.3, 0.4) is 0 Å². The summed E-state index contributed by atoms with van der Waals surface area (Å²) in [5, 5.41) is 10.5. The molecular weight excluding hydrogens is 267 g/mol. The highest BCUT2D eigenvalue weighted by atomic mass is 19.1. The molecule has 0 saturated carbocycles. The summed E-state index contributed by atoms with van der Waals surface area (Å²) in [4.78, 5) is 24.9. The van der Waals surface area contributed by atoms with E-state index in [-0.39, 0.29) is 23.0 Å². The van der Waals surface area contributed by atoms with E-state index in [4.69, 9.17) is 4.74 Å². The number of hydrogen-bond acceptors (Lipinski definition) is 5. The number of carbonyl (C=O) groups excluding carboxylic acids is 1. The van der Waals surface area contributed by atoms with E-state index < -0.39 is 16.4 Å². The van der Waals surface area contributed by atoms with Crippen LogP contribution in [0.4, 0.5) is 10.1 Å². The van der Waals surface area contributed by atoms with Crippen molar-refractivity contribution in [3.63, 3.8) is 0 Å². The smallest absolute Gasteiger partial charge is 0.305 e. The SMILES string of the molecule is CC(=O)c1cccnc1Oc1ccc([N+](=O)[O-])c(F)c1. The molecule has 2 rings (SSSR count). The van der Waals surface area contributed by atoms with Crippen LogP contribution < -0.4 is 4.74 Å². The van der Waals surface area contributed by atoms with Gasteiger partial charge in [-0.1, -0.05) is 0 Å². The molecule has 7 heteroatoms. The van der Waals surface area contributed by atoms with E-state index >= 15 is 0 Å². The third-order valence-corrected chi connectivity index (χ3v) is 2.48. The van der Waals surface area contributed by atoms with Crippen molar-refractivity contribution in [2.24, 2.45) is 0 Å². The zero-order valence-corrected chi connectivity index (χ0v) is 10.4. The van der Waals surface area contributed by atoms with Crippen LogP contribution in [-0.2, 0) is 0 Å². The maximum absolute atomic E-state index is 13.5. The highest BCUT2D eigenvalue weighted by Crippen LogP contribution is 2.27. The number of benzene rings is 1. The predicted octanol–water partition coefficient (Wildman–Crippen LogP) is 3.12. The first-order valence-corrected chi connectivity index (χ1v) is 5.57. The summed E-state index contributed by atoms with van der Waals surface area (Å²) in [6.45, 7) is 1.35. The monoisotopic (exact) mass is 276 g/mol. The lowest BCUT2D eigenvalue weighted by Gasteiger charge is -2.07. The van der Waals surface area contributed by atoms with Crippen LogP contribution in [0.1, 0.15) is 17.3 Å². The van der Waals surface area contributed by atoms with Crippen molar-refractivity contribution in [2.45, 2.75) is 6.92 Å². The van der Waals surface area contributed by atoms with E-state index in [0.717, 1.165) is 12.1 Å². The first-order valence-electron chi connectivity index (χ1n) is 5.57. The zero-order chi connectivity index (χ0) is 14.7. The van der Waals surface area contributed by atoms with Gasteiger partial charge in [-0.2, -0.15) is 4.39 Å². The summed E-state index contributed by atoms with van der Waals surface area (Å²) in [5.41, 5.74) is -0.406. The number of rotatable bonds is 4. The fraction of sp³-hybridized carbons (Fsp3) is 0.0769. The minimum absolute atomic E-state index is 0.0215. The Morgan fingerprint density at radius 2 is 2.15 bits per heavy atom. The van der Waals surface area contributed by atoms with Gasteiger partial charge in [0.25, 0.3) is 0 Å². The number of nitro benzene ring substituents is 1. The number of ether oxygens (including phenoxy) is 1. The second-order valence-corrected chi connectivity index (χ2v) is 3.88. The van der Waals surface area contributed by atoms with Gasteiger partial charge in [-0.15, -0.1) is 0 Å². The number of hydrogen-bond donors (Lipinski definition) is 0.